The van der Waals surface area contributed by atoms with Crippen molar-refractivity contribution in [1.82, 2.24) is 0 Å². The Labute approximate surface area is 122 Å². The first-order chi connectivity index (χ1) is 6.04. The van der Waals surface area contributed by atoms with Crippen molar-refractivity contribution in [3.05, 3.63) is 33.9 Å². The Morgan fingerprint density at radius 2 is 2.00 bits per heavy atom. The summed E-state index contributed by atoms with van der Waals surface area (Å²) in [6.45, 7) is 0. The molecule has 0 aliphatic heterocycles. The molecule has 1 aromatic carbocycles. The number of anilines is 1. The maximum absolute atomic E-state index is 10.4. The molecule has 1 aromatic rings. The van der Waals surface area contributed by atoms with Gasteiger partial charge in [0.05, 0.1) is 10.9 Å². The van der Waals surface area contributed by atoms with Crippen molar-refractivity contribution in [2.75, 3.05) is 5.73 Å². The van der Waals surface area contributed by atoms with Gasteiger partial charge in [0.2, 0.25) is 0 Å². The Morgan fingerprint density at radius 1 is 1.43 bits per heavy atom. The van der Waals surface area contributed by atoms with E-state index in [4.69, 9.17) is 5.73 Å². The van der Waals surface area contributed by atoms with Crippen molar-refractivity contribution in [2.24, 2.45) is 0 Å². The molecule has 1 rings (SSSR count). The number of carbonyl (C=O) groups excluding carboxylic acids is 1. The van der Waals surface area contributed by atoms with E-state index in [-0.39, 0.29) is 62.6 Å². The third-order valence-electron chi connectivity index (χ3n) is 1.50. The predicted molar refractivity (Wildman–Crippen MR) is 41.8 cm³/mol. The van der Waals surface area contributed by atoms with Crippen LogP contribution in [0.2, 0.25) is 0 Å². The fraction of sp³-hybridized carbons (Fsp3) is 0. The molecule has 6 nitrogen and oxygen atoms in total. The van der Waals surface area contributed by atoms with E-state index in [1.165, 1.54) is 6.07 Å². The molecule has 0 spiro atoms. The smallest absolute Gasteiger partial charge is 0.545 e. The minimum atomic E-state index is -1.53. The summed E-state index contributed by atoms with van der Waals surface area (Å²) in [7, 11) is 0. The van der Waals surface area contributed by atoms with E-state index < -0.39 is 16.6 Å². The monoisotopic (exact) mass is 220 g/mol. The largest absolute Gasteiger partial charge is 1.00 e. The van der Waals surface area contributed by atoms with Crippen molar-refractivity contribution in [1.29, 1.82) is 0 Å². The van der Waals surface area contributed by atoms with Crippen LogP contribution >= 0.6 is 0 Å². The van der Waals surface area contributed by atoms with Gasteiger partial charge in [-0.1, -0.05) is 12.1 Å². The maximum Gasteiger partial charge on any atom is 1.00 e. The number of nitro benzene ring substituents is 1. The molecule has 0 saturated carbocycles. The number of carboxylic acid groups (broad SMARTS) is 1. The van der Waals surface area contributed by atoms with Gasteiger partial charge in [-0.2, -0.15) is 0 Å². The summed E-state index contributed by atoms with van der Waals surface area (Å²) >= 11 is 0. The minimum Gasteiger partial charge on any atom is -0.545 e. The zero-order valence-corrected chi connectivity index (χ0v) is 10.5. The van der Waals surface area contributed by atoms with E-state index in [2.05, 4.69) is 0 Å². The fourth-order valence-electron chi connectivity index (χ4n) is 0.890. The zero-order valence-electron chi connectivity index (χ0n) is 7.39. The number of nitrogens with two attached hydrogens (primary N) is 1. The molecule has 0 unspecified atom stereocenters. The summed E-state index contributed by atoms with van der Waals surface area (Å²) in [4.78, 5) is 19.9. The van der Waals surface area contributed by atoms with E-state index in [9.17, 15) is 20.0 Å². The van der Waals surface area contributed by atoms with Gasteiger partial charge < -0.3 is 15.6 Å². The van der Waals surface area contributed by atoms with Crippen LogP contribution in [0, 0.1) is 10.1 Å². The van der Waals surface area contributed by atoms with Gasteiger partial charge in [-0.15, -0.1) is 0 Å². The molecular weight excluding hydrogens is 215 g/mol. The van der Waals surface area contributed by atoms with Crippen LogP contribution in [0.15, 0.2) is 18.2 Å². The Kier molecular flexibility index (Phi) is 5.23. The van der Waals surface area contributed by atoms with Crippen molar-refractivity contribution >= 4 is 17.3 Å². The first kappa shape index (κ1) is 13.5. The number of para-hydroxylation sites is 1. The zero-order chi connectivity index (χ0) is 10.0. The summed E-state index contributed by atoms with van der Waals surface area (Å²) < 4.78 is 0. The van der Waals surface area contributed by atoms with Crippen LogP contribution < -0.4 is 62.2 Å². The summed E-state index contributed by atoms with van der Waals surface area (Å²) in [5.74, 6) is -1.53. The van der Waals surface area contributed by atoms with Gasteiger partial charge in [0, 0.05) is 11.6 Å². The average molecular weight is 220 g/mol. The second-order valence-electron chi connectivity index (χ2n) is 2.28. The molecule has 2 N–H and O–H groups in total. The quantitative estimate of drug-likeness (QED) is 0.241. The molecular formula is C7H5KN2O4. The summed E-state index contributed by atoms with van der Waals surface area (Å²) in [5.41, 5.74) is 4.05. The van der Waals surface area contributed by atoms with Gasteiger partial charge in [-0.3, -0.25) is 10.1 Å². The number of carbonyl (C=O) groups is 1. The number of carboxylic acids is 1. The van der Waals surface area contributed by atoms with Gasteiger partial charge in [-0.05, 0) is 0 Å². The van der Waals surface area contributed by atoms with Crippen LogP contribution in [0.5, 0.6) is 0 Å². The number of nitrogen functional groups attached to an aromatic ring is 1. The molecule has 0 aromatic heterocycles. The van der Waals surface area contributed by atoms with Crippen LogP contribution in [0.3, 0.4) is 0 Å². The second kappa shape index (κ2) is 5.42. The molecule has 0 fully saturated rings. The molecule has 0 atom stereocenters. The number of nitro groups is 1. The molecule has 14 heavy (non-hydrogen) atoms. The van der Waals surface area contributed by atoms with Crippen LogP contribution in [-0.2, 0) is 0 Å². The minimum absolute atomic E-state index is 0. The standard InChI is InChI=1S/C7H6N2O4.K/c8-6-4(7(10)11)2-1-3-5(6)9(12)13;/h1-3H,8H2,(H,10,11);/q;+1/p-1. The maximum atomic E-state index is 10.4. The van der Waals surface area contributed by atoms with Gasteiger partial charge in [0.1, 0.15) is 5.69 Å². The van der Waals surface area contributed by atoms with E-state index in [0.717, 1.165) is 12.1 Å². The first-order valence-corrected chi connectivity index (χ1v) is 3.28. The summed E-state index contributed by atoms with van der Waals surface area (Å²) in [6.07, 6.45) is 0. The SMILES string of the molecule is Nc1c(C(=O)[O-])cccc1[N+](=O)[O-].[K+]. The number of hydrogen-bond donors (Lipinski definition) is 1. The summed E-state index contributed by atoms with van der Waals surface area (Å²) in [5, 5.41) is 20.7. The van der Waals surface area contributed by atoms with Crippen LogP contribution in [-0.4, -0.2) is 10.9 Å². The van der Waals surface area contributed by atoms with Gasteiger partial charge in [0.15, 0.2) is 0 Å². The molecule has 0 aliphatic rings. The van der Waals surface area contributed by atoms with Gasteiger partial charge in [-0.25, -0.2) is 0 Å². The van der Waals surface area contributed by atoms with Crippen LogP contribution in [0.1, 0.15) is 10.4 Å². The van der Waals surface area contributed by atoms with Crippen molar-refractivity contribution < 1.29 is 66.2 Å². The van der Waals surface area contributed by atoms with Gasteiger partial charge >= 0.3 is 51.4 Å². The fourth-order valence-corrected chi connectivity index (χ4v) is 0.890. The molecule has 0 amide bonds. The third-order valence-corrected chi connectivity index (χ3v) is 1.50. The third kappa shape index (κ3) is 2.76. The molecule has 0 heterocycles. The first-order valence-electron chi connectivity index (χ1n) is 3.28. The van der Waals surface area contributed by atoms with Gasteiger partial charge in [0.25, 0.3) is 5.69 Å². The van der Waals surface area contributed by atoms with E-state index in [1.54, 1.807) is 0 Å². The molecule has 7 heteroatoms. The Hall–Kier alpha value is -0.474. The number of hydrogen-bond acceptors (Lipinski definition) is 5. The summed E-state index contributed by atoms with van der Waals surface area (Å²) in [6, 6.07) is 3.51. The van der Waals surface area contributed by atoms with Crippen molar-refractivity contribution in [3.8, 4) is 0 Å². The van der Waals surface area contributed by atoms with Crippen molar-refractivity contribution in [2.45, 2.75) is 0 Å². The molecule has 0 radical (unpaired) electrons. The van der Waals surface area contributed by atoms with E-state index in [0.29, 0.717) is 0 Å². The van der Waals surface area contributed by atoms with Crippen LogP contribution in [0.4, 0.5) is 11.4 Å². The van der Waals surface area contributed by atoms with Crippen LogP contribution in [0.25, 0.3) is 0 Å². The van der Waals surface area contributed by atoms with Crippen molar-refractivity contribution in [3.63, 3.8) is 0 Å². The predicted octanol–water partition coefficient (Wildman–Crippen LogP) is -3.46. The molecule has 0 saturated heterocycles. The molecule has 0 aliphatic carbocycles. The number of aromatic carboxylic acids is 1. The van der Waals surface area contributed by atoms with E-state index >= 15 is 0 Å². The molecule has 68 valence electrons. The Balaban J connectivity index is 0.00000169. The number of rotatable bonds is 2. The molecule has 0 bridgehead atoms. The average Bonchev–Trinajstić information content (AvgIpc) is 2.03. The van der Waals surface area contributed by atoms with E-state index in [1.807, 2.05) is 0 Å². The normalized spacial score (nSPS) is 8.86. The number of nitrogens with zero attached hydrogens (tertiary/aromatic N) is 1. The Bertz CT molecular complexity index is 348. The Morgan fingerprint density at radius 3 is 2.43 bits per heavy atom. The topological polar surface area (TPSA) is 109 Å². The number of benzene rings is 1. The second-order valence-corrected chi connectivity index (χ2v) is 2.28.